The molecule has 0 aromatic rings. The number of carbonyl (C=O) groups is 3. The largest absolute Gasteiger partial charge is 0.479 e. The van der Waals surface area contributed by atoms with E-state index in [0.717, 1.165) is 0 Å². The highest BCUT2D eigenvalue weighted by Gasteiger charge is 2.51. The number of halogens is 3. The van der Waals surface area contributed by atoms with Gasteiger partial charge in [-0.1, -0.05) is 13.8 Å². The molecule has 0 spiro atoms. The lowest BCUT2D eigenvalue weighted by Gasteiger charge is -2.19. The van der Waals surface area contributed by atoms with Crippen molar-refractivity contribution in [1.82, 2.24) is 10.6 Å². The maximum atomic E-state index is 12.5. The fourth-order valence-electron chi connectivity index (χ4n) is 1.80. The van der Waals surface area contributed by atoms with E-state index in [2.05, 4.69) is 10.1 Å². The quantitative estimate of drug-likeness (QED) is 0.556. The molecule has 1 heterocycles. The van der Waals surface area contributed by atoms with E-state index in [9.17, 15) is 27.6 Å². The lowest BCUT2D eigenvalue weighted by atomic mass is 10.1. The Balaban J connectivity index is 2.60. The van der Waals surface area contributed by atoms with Crippen molar-refractivity contribution in [2.24, 2.45) is 5.92 Å². The highest BCUT2D eigenvalue weighted by atomic mass is 19.4. The summed E-state index contributed by atoms with van der Waals surface area (Å²) in [4.78, 5) is 34.0. The van der Waals surface area contributed by atoms with Crippen molar-refractivity contribution in [2.75, 3.05) is 6.54 Å². The van der Waals surface area contributed by atoms with Gasteiger partial charge in [0.1, 0.15) is 6.04 Å². The molecule has 3 N–H and O–H groups in total. The molecular weight excluding hydrogens is 321 g/mol. The number of nitrogens with one attached hydrogen (secondary N) is 2. The van der Waals surface area contributed by atoms with Crippen LogP contribution in [0.1, 0.15) is 26.7 Å². The Morgan fingerprint density at radius 3 is 2.26 bits per heavy atom. The van der Waals surface area contributed by atoms with Gasteiger partial charge in [0, 0.05) is 6.54 Å². The number of carbonyl (C=O) groups excluding carboxylic acids is 2. The second kappa shape index (κ2) is 7.62. The van der Waals surface area contributed by atoms with Crippen molar-refractivity contribution in [3.05, 3.63) is 0 Å². The number of hydrogen-bond acceptors (Lipinski definition) is 4. The number of hydrogen-bond donors (Lipinski definition) is 3. The molecule has 0 bridgehead atoms. The van der Waals surface area contributed by atoms with Gasteiger partial charge in [0.2, 0.25) is 5.91 Å². The summed E-state index contributed by atoms with van der Waals surface area (Å²) >= 11 is 0. The number of ether oxygens (including phenoxy) is 1. The highest BCUT2D eigenvalue weighted by molar-refractivity contribution is 5.95. The van der Waals surface area contributed by atoms with Crippen LogP contribution in [0.15, 0.2) is 0 Å². The average molecular weight is 340 g/mol. The molecule has 1 rings (SSSR count). The van der Waals surface area contributed by atoms with E-state index in [1.165, 1.54) is 0 Å². The monoisotopic (exact) mass is 340 g/mol. The Morgan fingerprint density at radius 2 is 1.83 bits per heavy atom. The molecule has 0 aromatic heterocycles. The van der Waals surface area contributed by atoms with Crippen LogP contribution in [0.25, 0.3) is 0 Å². The lowest BCUT2D eigenvalue weighted by Crippen LogP contribution is -2.50. The smallest absolute Gasteiger partial charge is 0.391 e. The van der Waals surface area contributed by atoms with Crippen LogP contribution in [0.4, 0.5) is 13.2 Å². The summed E-state index contributed by atoms with van der Waals surface area (Å²) in [6, 6.07) is -1.83. The Morgan fingerprint density at radius 1 is 1.22 bits per heavy atom. The number of alkyl halides is 3. The van der Waals surface area contributed by atoms with Gasteiger partial charge in [-0.15, -0.1) is 0 Å². The average Bonchev–Trinajstić information content (AvgIpc) is 3.15. The molecule has 1 fully saturated rings. The van der Waals surface area contributed by atoms with Gasteiger partial charge in [-0.25, -0.2) is 4.79 Å². The third kappa shape index (κ3) is 6.85. The van der Waals surface area contributed by atoms with Crippen molar-refractivity contribution >= 4 is 17.8 Å². The number of carboxylic acid groups (broad SMARTS) is 1. The van der Waals surface area contributed by atoms with Crippen LogP contribution in [0, 0.1) is 5.92 Å². The third-order valence-corrected chi connectivity index (χ3v) is 3.08. The zero-order chi connectivity index (χ0) is 17.8. The minimum atomic E-state index is -4.66. The van der Waals surface area contributed by atoms with Crippen molar-refractivity contribution in [2.45, 2.75) is 51.1 Å². The first-order valence-corrected chi connectivity index (χ1v) is 7.04. The van der Waals surface area contributed by atoms with Crippen molar-refractivity contribution < 1.29 is 37.4 Å². The predicted octanol–water partition coefficient (Wildman–Crippen LogP) is 0.438. The van der Waals surface area contributed by atoms with Crippen molar-refractivity contribution in [3.63, 3.8) is 0 Å². The first-order valence-electron chi connectivity index (χ1n) is 7.04. The van der Waals surface area contributed by atoms with Gasteiger partial charge in [-0.3, -0.25) is 9.59 Å². The van der Waals surface area contributed by atoms with Crippen molar-refractivity contribution in [3.8, 4) is 0 Å². The summed E-state index contributed by atoms with van der Waals surface area (Å²) in [5.74, 6) is -3.16. The minimum absolute atomic E-state index is 0.179. The first-order chi connectivity index (χ1) is 10.5. The molecule has 1 unspecified atom stereocenters. The summed E-state index contributed by atoms with van der Waals surface area (Å²) in [5.41, 5.74) is 0. The lowest BCUT2D eigenvalue weighted by molar-refractivity contribution is -0.151. The Kier molecular flexibility index (Phi) is 6.37. The second-order valence-electron chi connectivity index (χ2n) is 5.67. The van der Waals surface area contributed by atoms with E-state index in [1.807, 2.05) is 19.2 Å². The minimum Gasteiger partial charge on any atom is -0.479 e. The zero-order valence-electron chi connectivity index (χ0n) is 12.6. The van der Waals surface area contributed by atoms with E-state index in [1.54, 1.807) is 0 Å². The maximum absolute atomic E-state index is 12.5. The number of epoxide rings is 1. The summed E-state index contributed by atoms with van der Waals surface area (Å²) in [7, 11) is 0. The number of rotatable bonds is 8. The standard InChI is InChI=1S/C13H19F3N2O5/c1-6(2)3-4-17-10(19)7(5-13(14,15)16)18-11(20)8-9(23-8)12(21)22/h6-9H,3-5H2,1-2H3,(H,17,19)(H,18,20)(H,21,22)/t7?,8-,9-/m0/s1. The van der Waals surface area contributed by atoms with Crippen LogP contribution in [-0.2, 0) is 19.1 Å². The Labute approximate surface area is 130 Å². The molecule has 0 aromatic carbocycles. The third-order valence-electron chi connectivity index (χ3n) is 3.08. The second-order valence-corrected chi connectivity index (χ2v) is 5.67. The van der Waals surface area contributed by atoms with E-state index >= 15 is 0 Å². The van der Waals surface area contributed by atoms with Crippen molar-refractivity contribution in [1.29, 1.82) is 0 Å². The molecule has 1 aliphatic heterocycles. The number of carboxylic acids is 1. The first kappa shape index (κ1) is 19.2. The van der Waals surface area contributed by atoms with Crippen LogP contribution in [-0.4, -0.2) is 53.9 Å². The summed E-state index contributed by atoms with van der Waals surface area (Å²) in [5, 5.41) is 12.8. The summed E-state index contributed by atoms with van der Waals surface area (Å²) < 4.78 is 42.1. The molecule has 0 radical (unpaired) electrons. The molecule has 1 saturated heterocycles. The van der Waals surface area contributed by atoms with Crippen LogP contribution >= 0.6 is 0 Å². The van der Waals surface area contributed by atoms with Crippen LogP contribution < -0.4 is 10.6 Å². The molecular formula is C13H19F3N2O5. The number of aliphatic carboxylic acids is 1. The van der Waals surface area contributed by atoms with Gasteiger partial charge in [0.25, 0.3) is 5.91 Å². The fraction of sp³-hybridized carbons (Fsp3) is 0.769. The summed E-state index contributed by atoms with van der Waals surface area (Å²) in [6.45, 7) is 3.95. The van der Waals surface area contributed by atoms with Gasteiger partial charge in [-0.05, 0) is 12.3 Å². The predicted molar refractivity (Wildman–Crippen MR) is 71.4 cm³/mol. The van der Waals surface area contributed by atoms with Gasteiger partial charge < -0.3 is 20.5 Å². The molecule has 10 heteroatoms. The highest BCUT2D eigenvalue weighted by Crippen LogP contribution is 2.25. The fourth-order valence-corrected chi connectivity index (χ4v) is 1.80. The molecule has 23 heavy (non-hydrogen) atoms. The van der Waals surface area contributed by atoms with Crippen LogP contribution in [0.5, 0.6) is 0 Å². The number of amides is 2. The molecule has 2 amide bonds. The zero-order valence-corrected chi connectivity index (χ0v) is 12.6. The Hall–Kier alpha value is -1.84. The summed E-state index contributed by atoms with van der Waals surface area (Å²) in [6.07, 6.45) is -8.39. The van der Waals surface area contributed by atoms with E-state index < -0.39 is 48.6 Å². The van der Waals surface area contributed by atoms with E-state index in [0.29, 0.717) is 6.42 Å². The molecule has 0 saturated carbocycles. The van der Waals surface area contributed by atoms with Crippen LogP contribution in [0.2, 0.25) is 0 Å². The molecule has 1 aliphatic rings. The molecule has 7 nitrogen and oxygen atoms in total. The van der Waals surface area contributed by atoms with E-state index in [4.69, 9.17) is 5.11 Å². The maximum Gasteiger partial charge on any atom is 0.391 e. The van der Waals surface area contributed by atoms with Crippen LogP contribution in [0.3, 0.4) is 0 Å². The topological polar surface area (TPSA) is 108 Å². The van der Waals surface area contributed by atoms with Gasteiger partial charge in [-0.2, -0.15) is 13.2 Å². The molecule has 0 aliphatic carbocycles. The normalized spacial score (nSPS) is 21.7. The van der Waals surface area contributed by atoms with Gasteiger partial charge >= 0.3 is 12.1 Å². The SMILES string of the molecule is CC(C)CCNC(=O)C(CC(F)(F)F)NC(=O)[C@H]1O[C@@H]1C(=O)O. The van der Waals surface area contributed by atoms with E-state index in [-0.39, 0.29) is 12.5 Å². The molecule has 3 atom stereocenters. The Bertz CT molecular complexity index is 467. The van der Waals surface area contributed by atoms with Gasteiger partial charge in [0.05, 0.1) is 6.42 Å². The molecule has 132 valence electrons. The van der Waals surface area contributed by atoms with Gasteiger partial charge in [0.15, 0.2) is 12.2 Å².